The summed E-state index contributed by atoms with van der Waals surface area (Å²) in [6.07, 6.45) is 4.28. The van der Waals surface area contributed by atoms with Gasteiger partial charge in [0.1, 0.15) is 17.7 Å². The molecule has 0 saturated heterocycles. The number of carbonyl (C=O) groups excluding carboxylic acids is 1. The third kappa shape index (κ3) is 4.31. The summed E-state index contributed by atoms with van der Waals surface area (Å²) in [6, 6.07) is 10.5. The van der Waals surface area contributed by atoms with Crippen LogP contribution in [-0.4, -0.2) is 27.0 Å². The Morgan fingerprint density at radius 2 is 1.84 bits per heavy atom. The molecule has 0 bridgehead atoms. The van der Waals surface area contributed by atoms with Gasteiger partial charge in [-0.05, 0) is 35.1 Å². The van der Waals surface area contributed by atoms with Gasteiger partial charge in [-0.15, -0.1) is 0 Å². The first-order valence-corrected chi connectivity index (χ1v) is 10.4. The van der Waals surface area contributed by atoms with E-state index in [1.807, 2.05) is 16.7 Å². The first-order valence-electron chi connectivity index (χ1n) is 10.4. The normalized spacial score (nSPS) is 16.5. The topological polar surface area (TPSA) is 50.2 Å². The Hall–Kier alpha value is -3.22. The second-order valence-corrected chi connectivity index (χ2v) is 8.89. The van der Waals surface area contributed by atoms with Crippen molar-refractivity contribution >= 4 is 11.7 Å². The van der Waals surface area contributed by atoms with Gasteiger partial charge in [-0.1, -0.05) is 45.0 Å². The lowest BCUT2D eigenvalue weighted by atomic mass is 9.86. The summed E-state index contributed by atoms with van der Waals surface area (Å²) in [5.74, 6) is -1.50. The van der Waals surface area contributed by atoms with E-state index in [2.05, 4.69) is 43.2 Å². The molecule has 2 amide bonds. The molecule has 4 rings (SSSR count). The second kappa shape index (κ2) is 8.13. The molecule has 1 unspecified atom stereocenters. The van der Waals surface area contributed by atoms with E-state index in [0.29, 0.717) is 6.54 Å². The molecule has 0 spiro atoms. The highest BCUT2D eigenvalue weighted by Gasteiger charge is 2.32. The van der Waals surface area contributed by atoms with Crippen molar-refractivity contribution in [1.29, 1.82) is 0 Å². The van der Waals surface area contributed by atoms with Gasteiger partial charge >= 0.3 is 6.03 Å². The predicted octanol–water partition coefficient (Wildman–Crippen LogP) is 5.49. The van der Waals surface area contributed by atoms with Crippen LogP contribution in [0.25, 0.3) is 0 Å². The maximum atomic E-state index is 14.1. The van der Waals surface area contributed by atoms with Crippen LogP contribution in [0.5, 0.6) is 0 Å². The monoisotopic (exact) mass is 424 g/mol. The van der Waals surface area contributed by atoms with Gasteiger partial charge in [0.05, 0.1) is 23.9 Å². The number of carbonyl (C=O) groups is 1. The minimum atomic E-state index is -0.806. The lowest BCUT2D eigenvalue weighted by Gasteiger charge is -2.31. The summed E-state index contributed by atoms with van der Waals surface area (Å²) in [7, 11) is 0. The number of urea groups is 1. The van der Waals surface area contributed by atoms with Gasteiger partial charge in [0.25, 0.3) is 0 Å². The molecule has 0 fully saturated rings. The average Bonchev–Trinajstić information content (AvgIpc) is 3.09. The molecule has 1 atom stereocenters. The van der Waals surface area contributed by atoms with Crippen molar-refractivity contribution in [3.8, 4) is 0 Å². The van der Waals surface area contributed by atoms with E-state index in [1.165, 1.54) is 11.6 Å². The van der Waals surface area contributed by atoms with Crippen molar-refractivity contribution < 1.29 is 13.6 Å². The minimum absolute atomic E-state index is 0.0148. The molecule has 0 radical (unpaired) electrons. The van der Waals surface area contributed by atoms with Gasteiger partial charge in [-0.25, -0.2) is 18.6 Å². The van der Waals surface area contributed by atoms with E-state index in [0.717, 1.165) is 36.4 Å². The molecule has 7 heteroatoms. The molecule has 31 heavy (non-hydrogen) atoms. The zero-order chi connectivity index (χ0) is 22.2. The highest BCUT2D eigenvalue weighted by molar-refractivity contribution is 5.90. The van der Waals surface area contributed by atoms with E-state index >= 15 is 0 Å². The maximum Gasteiger partial charge on any atom is 0.322 e. The van der Waals surface area contributed by atoms with Gasteiger partial charge in [0, 0.05) is 19.2 Å². The number of imidazole rings is 1. The van der Waals surface area contributed by atoms with E-state index in [-0.39, 0.29) is 17.1 Å². The number of anilines is 1. The van der Waals surface area contributed by atoms with Crippen molar-refractivity contribution in [3.05, 3.63) is 83.4 Å². The first kappa shape index (κ1) is 21.0. The summed E-state index contributed by atoms with van der Waals surface area (Å²) in [5, 5.41) is 2.61. The Balaban J connectivity index is 1.70. The first-order chi connectivity index (χ1) is 14.7. The van der Waals surface area contributed by atoms with Crippen molar-refractivity contribution in [2.75, 3.05) is 11.9 Å². The number of halogens is 2. The van der Waals surface area contributed by atoms with Crippen molar-refractivity contribution in [2.45, 2.75) is 45.2 Å². The van der Waals surface area contributed by atoms with Crippen LogP contribution in [-0.2, 0) is 12.0 Å². The highest BCUT2D eigenvalue weighted by Crippen LogP contribution is 2.33. The van der Waals surface area contributed by atoms with E-state index in [4.69, 9.17) is 0 Å². The second-order valence-electron chi connectivity index (χ2n) is 8.89. The molecule has 3 aromatic rings. The third-order valence-electron chi connectivity index (χ3n) is 5.66. The highest BCUT2D eigenvalue weighted by atomic mass is 19.1. The Morgan fingerprint density at radius 3 is 2.52 bits per heavy atom. The molecule has 0 saturated carbocycles. The number of hydrogen-bond acceptors (Lipinski definition) is 2. The minimum Gasteiger partial charge on any atom is -0.332 e. The molecular formula is C24H26F2N4O. The number of rotatable bonds is 2. The van der Waals surface area contributed by atoms with Crippen LogP contribution in [0.1, 0.15) is 50.1 Å². The molecule has 1 N–H and O–H groups in total. The molecule has 1 aliphatic rings. The molecule has 162 valence electrons. The van der Waals surface area contributed by atoms with Crippen molar-refractivity contribution in [2.24, 2.45) is 0 Å². The summed E-state index contributed by atoms with van der Waals surface area (Å²) >= 11 is 0. The van der Waals surface area contributed by atoms with Crippen LogP contribution < -0.4 is 5.32 Å². The van der Waals surface area contributed by atoms with Crippen molar-refractivity contribution in [1.82, 2.24) is 14.5 Å². The summed E-state index contributed by atoms with van der Waals surface area (Å²) in [5.41, 5.74) is 3.01. The number of benzene rings is 2. The fraction of sp³-hybridized carbons (Fsp3) is 0.333. The number of fused-ring (bicyclic) bond motifs is 1. The molecule has 0 aliphatic carbocycles. The van der Waals surface area contributed by atoms with Crippen LogP contribution in [0.2, 0.25) is 0 Å². The van der Waals surface area contributed by atoms with Gasteiger partial charge in [-0.3, -0.25) is 0 Å². The van der Waals surface area contributed by atoms with Crippen LogP contribution in [0.4, 0.5) is 19.3 Å². The molecule has 2 aromatic carbocycles. The van der Waals surface area contributed by atoms with Gasteiger partial charge in [-0.2, -0.15) is 0 Å². The number of aromatic nitrogens is 2. The molecular weight excluding hydrogens is 398 g/mol. The zero-order valence-corrected chi connectivity index (χ0v) is 17.9. The van der Waals surface area contributed by atoms with Gasteiger partial charge in [0.15, 0.2) is 0 Å². The summed E-state index contributed by atoms with van der Waals surface area (Å²) < 4.78 is 29.4. The van der Waals surface area contributed by atoms with Gasteiger partial charge in [0.2, 0.25) is 0 Å². The average molecular weight is 424 g/mol. The standard InChI is InChI=1S/C24H26F2N4O/c1-24(2,3)17-7-5-16(6-8-17)22-21-14-27-15-29(21)11-4-12-30(22)23(31)28-20-10-9-18(25)13-19(20)26/h5-10,13-15,22H,4,11-12H2,1-3H3,(H,28,31). The maximum absolute atomic E-state index is 14.1. The lowest BCUT2D eigenvalue weighted by molar-refractivity contribution is 0.199. The molecule has 1 aromatic heterocycles. The Kier molecular flexibility index (Phi) is 5.52. The number of amides is 2. The third-order valence-corrected chi connectivity index (χ3v) is 5.66. The van der Waals surface area contributed by atoms with E-state index in [1.54, 1.807) is 17.4 Å². The number of nitrogens with zero attached hydrogens (tertiary/aromatic N) is 3. The van der Waals surface area contributed by atoms with E-state index < -0.39 is 17.7 Å². The fourth-order valence-electron chi connectivity index (χ4n) is 3.96. The zero-order valence-electron chi connectivity index (χ0n) is 17.9. The molecule has 2 heterocycles. The Morgan fingerprint density at radius 1 is 1.10 bits per heavy atom. The van der Waals surface area contributed by atoms with Crippen LogP contribution in [0, 0.1) is 11.6 Å². The summed E-state index contributed by atoms with van der Waals surface area (Å²) in [4.78, 5) is 19.2. The molecule has 5 nitrogen and oxygen atoms in total. The Labute approximate surface area is 180 Å². The number of nitrogens with one attached hydrogen (secondary N) is 1. The SMILES string of the molecule is CC(C)(C)c1ccc(C2c3cncn3CCCN2C(=O)Nc2ccc(F)cc2F)cc1. The molecule has 1 aliphatic heterocycles. The summed E-state index contributed by atoms with van der Waals surface area (Å²) in [6.45, 7) is 7.68. The van der Waals surface area contributed by atoms with Gasteiger partial charge < -0.3 is 14.8 Å². The van der Waals surface area contributed by atoms with Crippen LogP contribution in [0.15, 0.2) is 55.0 Å². The quantitative estimate of drug-likeness (QED) is 0.592. The van der Waals surface area contributed by atoms with Crippen molar-refractivity contribution in [3.63, 3.8) is 0 Å². The van der Waals surface area contributed by atoms with E-state index in [9.17, 15) is 13.6 Å². The predicted molar refractivity (Wildman–Crippen MR) is 116 cm³/mol. The smallest absolute Gasteiger partial charge is 0.322 e. The Bertz CT molecular complexity index is 1090. The largest absolute Gasteiger partial charge is 0.332 e. The lowest BCUT2D eigenvalue weighted by Crippen LogP contribution is -2.39. The number of aryl methyl sites for hydroxylation is 1. The van der Waals surface area contributed by atoms with Crippen LogP contribution >= 0.6 is 0 Å². The van der Waals surface area contributed by atoms with Crippen LogP contribution in [0.3, 0.4) is 0 Å². The fourth-order valence-corrected chi connectivity index (χ4v) is 3.96. The number of hydrogen-bond donors (Lipinski definition) is 1.